The van der Waals surface area contributed by atoms with Crippen molar-refractivity contribution >= 4 is 29.3 Å². The van der Waals surface area contributed by atoms with E-state index in [9.17, 15) is 14.4 Å². The first-order valence-electron chi connectivity index (χ1n) is 6.40. The first kappa shape index (κ1) is 14.5. The Bertz CT molecular complexity index is 572. The van der Waals surface area contributed by atoms with E-state index in [-0.39, 0.29) is 31.1 Å². The van der Waals surface area contributed by atoms with Gasteiger partial charge in [0.25, 0.3) is 0 Å². The van der Waals surface area contributed by atoms with Crippen LogP contribution >= 0.6 is 11.6 Å². The third kappa shape index (κ3) is 3.17. The van der Waals surface area contributed by atoms with Crippen molar-refractivity contribution in [3.63, 3.8) is 0 Å². The van der Waals surface area contributed by atoms with Crippen LogP contribution in [0.25, 0.3) is 0 Å². The standard InChI is InChI=1S/C14H15ClN2O3/c15-10-4-5-11-9(8-10)3-6-13(19)17(14(16)20)7-1-2-12(11)18/h4-5,8H,1-3,6-7H2,(H2,16,20). The molecule has 0 unspecified atom stereocenters. The van der Waals surface area contributed by atoms with E-state index < -0.39 is 6.03 Å². The fourth-order valence-electron chi connectivity index (χ4n) is 2.31. The molecule has 0 spiro atoms. The second kappa shape index (κ2) is 6.05. The Morgan fingerprint density at radius 1 is 1.20 bits per heavy atom. The Balaban J connectivity index is 2.31. The molecule has 1 aliphatic rings. The molecule has 1 aliphatic heterocycles. The minimum absolute atomic E-state index is 0.00423. The summed E-state index contributed by atoms with van der Waals surface area (Å²) in [7, 11) is 0. The lowest BCUT2D eigenvalue weighted by Gasteiger charge is -2.20. The van der Waals surface area contributed by atoms with E-state index in [0.717, 1.165) is 10.5 Å². The molecule has 6 heteroatoms. The highest BCUT2D eigenvalue weighted by Gasteiger charge is 2.22. The summed E-state index contributed by atoms with van der Waals surface area (Å²) in [6.07, 6.45) is 1.18. The van der Waals surface area contributed by atoms with Crippen LogP contribution in [0.1, 0.15) is 35.2 Å². The minimum atomic E-state index is -0.769. The van der Waals surface area contributed by atoms with Crippen molar-refractivity contribution in [1.82, 2.24) is 4.90 Å². The van der Waals surface area contributed by atoms with E-state index in [1.54, 1.807) is 18.2 Å². The van der Waals surface area contributed by atoms with Crippen molar-refractivity contribution < 1.29 is 14.4 Å². The van der Waals surface area contributed by atoms with Crippen LogP contribution < -0.4 is 5.73 Å². The highest BCUT2D eigenvalue weighted by Crippen LogP contribution is 2.21. The number of nitrogens with two attached hydrogens (primary N) is 1. The normalized spacial score (nSPS) is 16.8. The first-order chi connectivity index (χ1) is 9.49. The van der Waals surface area contributed by atoms with Crippen LogP contribution in [-0.2, 0) is 11.2 Å². The van der Waals surface area contributed by atoms with Crippen LogP contribution in [-0.4, -0.2) is 29.2 Å². The molecule has 0 atom stereocenters. The molecular formula is C14H15ClN2O3. The number of benzene rings is 1. The molecule has 0 saturated heterocycles. The van der Waals surface area contributed by atoms with Crippen LogP contribution in [0.3, 0.4) is 0 Å². The van der Waals surface area contributed by atoms with Gasteiger partial charge in [-0.05, 0) is 36.6 Å². The summed E-state index contributed by atoms with van der Waals surface area (Å²) in [5, 5.41) is 0.521. The number of amides is 3. The van der Waals surface area contributed by atoms with Gasteiger partial charge >= 0.3 is 6.03 Å². The number of fused-ring (bicyclic) bond motifs is 1. The van der Waals surface area contributed by atoms with Gasteiger partial charge in [0.2, 0.25) is 5.91 Å². The number of primary amides is 1. The second-order valence-corrected chi connectivity index (χ2v) is 5.15. The number of aryl methyl sites for hydroxylation is 1. The van der Waals surface area contributed by atoms with Crippen molar-refractivity contribution in [2.75, 3.05) is 6.54 Å². The number of carbonyl (C=O) groups is 3. The van der Waals surface area contributed by atoms with Crippen LogP contribution in [0.15, 0.2) is 18.2 Å². The van der Waals surface area contributed by atoms with Gasteiger partial charge in [-0.25, -0.2) is 4.79 Å². The van der Waals surface area contributed by atoms with Crippen molar-refractivity contribution in [2.24, 2.45) is 5.73 Å². The highest BCUT2D eigenvalue weighted by atomic mass is 35.5. The molecule has 0 aliphatic carbocycles. The lowest BCUT2D eigenvalue weighted by Crippen LogP contribution is -2.41. The van der Waals surface area contributed by atoms with Crippen LogP contribution in [0, 0.1) is 0 Å². The zero-order chi connectivity index (χ0) is 14.7. The smallest absolute Gasteiger partial charge is 0.321 e. The maximum absolute atomic E-state index is 12.1. The minimum Gasteiger partial charge on any atom is -0.351 e. The molecule has 0 saturated carbocycles. The molecule has 0 bridgehead atoms. The lowest BCUT2D eigenvalue weighted by molar-refractivity contribution is -0.128. The molecule has 2 N–H and O–H groups in total. The van der Waals surface area contributed by atoms with Crippen LogP contribution in [0.4, 0.5) is 4.79 Å². The van der Waals surface area contributed by atoms with Crippen molar-refractivity contribution in [3.05, 3.63) is 34.3 Å². The summed E-state index contributed by atoms with van der Waals surface area (Å²) in [5.74, 6) is -0.326. The maximum Gasteiger partial charge on any atom is 0.321 e. The predicted octanol–water partition coefficient (Wildman–Crippen LogP) is 2.16. The molecule has 106 valence electrons. The monoisotopic (exact) mass is 294 g/mol. The molecule has 20 heavy (non-hydrogen) atoms. The SMILES string of the molecule is NC(=O)N1CCCC(=O)c2ccc(Cl)cc2CCC1=O. The summed E-state index contributed by atoms with van der Waals surface area (Å²) >= 11 is 5.93. The van der Waals surface area contributed by atoms with Gasteiger partial charge in [-0.3, -0.25) is 14.5 Å². The topological polar surface area (TPSA) is 80.5 Å². The number of hydrogen-bond donors (Lipinski definition) is 1. The van der Waals surface area contributed by atoms with E-state index in [1.165, 1.54) is 0 Å². The zero-order valence-corrected chi connectivity index (χ0v) is 11.7. The summed E-state index contributed by atoms with van der Waals surface area (Å²) in [5.41, 5.74) is 6.53. The molecule has 2 rings (SSSR count). The van der Waals surface area contributed by atoms with Crippen molar-refractivity contribution in [3.8, 4) is 0 Å². The Hall–Kier alpha value is -1.88. The fourth-order valence-corrected chi connectivity index (χ4v) is 2.50. The fraction of sp³-hybridized carbons (Fsp3) is 0.357. The number of halogens is 1. The van der Waals surface area contributed by atoms with E-state index in [4.69, 9.17) is 17.3 Å². The number of nitrogens with zero attached hydrogens (tertiary/aromatic N) is 1. The Morgan fingerprint density at radius 3 is 2.65 bits per heavy atom. The van der Waals surface area contributed by atoms with Gasteiger partial charge in [0.05, 0.1) is 0 Å². The molecule has 0 fully saturated rings. The molecule has 0 radical (unpaired) electrons. The number of ketones is 1. The van der Waals surface area contributed by atoms with E-state index >= 15 is 0 Å². The lowest BCUT2D eigenvalue weighted by atomic mass is 9.96. The molecule has 1 aromatic carbocycles. The second-order valence-electron chi connectivity index (χ2n) is 4.71. The molecular weight excluding hydrogens is 280 g/mol. The first-order valence-corrected chi connectivity index (χ1v) is 6.78. The molecule has 0 aromatic heterocycles. The zero-order valence-electron chi connectivity index (χ0n) is 10.9. The largest absolute Gasteiger partial charge is 0.351 e. The van der Waals surface area contributed by atoms with E-state index in [0.29, 0.717) is 23.4 Å². The van der Waals surface area contributed by atoms with Gasteiger partial charge in [-0.15, -0.1) is 0 Å². The third-order valence-electron chi connectivity index (χ3n) is 3.33. The average Bonchev–Trinajstić information content (AvgIpc) is 2.39. The summed E-state index contributed by atoms with van der Waals surface area (Å²) in [6, 6.07) is 4.28. The van der Waals surface area contributed by atoms with Crippen molar-refractivity contribution in [1.29, 1.82) is 0 Å². The van der Waals surface area contributed by atoms with Crippen LogP contribution in [0.2, 0.25) is 5.02 Å². The van der Waals surface area contributed by atoms with Gasteiger partial charge < -0.3 is 5.73 Å². The van der Waals surface area contributed by atoms with Gasteiger partial charge in [0, 0.05) is 30.0 Å². The molecule has 1 heterocycles. The number of Topliss-reactive ketones (excluding diaryl/α,β-unsaturated/α-hetero) is 1. The van der Waals surface area contributed by atoms with Gasteiger partial charge in [0.15, 0.2) is 5.78 Å². The number of imide groups is 1. The quantitative estimate of drug-likeness (QED) is 0.796. The Labute approximate surface area is 121 Å². The average molecular weight is 295 g/mol. The molecule has 5 nitrogen and oxygen atoms in total. The van der Waals surface area contributed by atoms with Gasteiger partial charge in [-0.1, -0.05) is 11.6 Å². The van der Waals surface area contributed by atoms with Gasteiger partial charge in [-0.2, -0.15) is 0 Å². The predicted molar refractivity (Wildman–Crippen MR) is 74.6 cm³/mol. The number of rotatable bonds is 0. The Morgan fingerprint density at radius 2 is 1.95 bits per heavy atom. The molecule has 1 aromatic rings. The number of carbonyl (C=O) groups excluding carboxylic acids is 3. The van der Waals surface area contributed by atoms with E-state index in [1.807, 2.05) is 0 Å². The maximum atomic E-state index is 12.1. The molecule has 3 amide bonds. The Kier molecular flexibility index (Phi) is 4.39. The van der Waals surface area contributed by atoms with Crippen molar-refractivity contribution in [2.45, 2.75) is 25.7 Å². The van der Waals surface area contributed by atoms with Gasteiger partial charge in [0.1, 0.15) is 0 Å². The number of hydrogen-bond acceptors (Lipinski definition) is 3. The third-order valence-corrected chi connectivity index (χ3v) is 3.56. The van der Waals surface area contributed by atoms with E-state index in [2.05, 4.69) is 0 Å². The van der Waals surface area contributed by atoms with Crippen LogP contribution in [0.5, 0.6) is 0 Å². The summed E-state index contributed by atoms with van der Waals surface area (Å²) in [6.45, 7) is 0.183. The summed E-state index contributed by atoms with van der Waals surface area (Å²) < 4.78 is 0. The summed E-state index contributed by atoms with van der Waals surface area (Å²) in [4.78, 5) is 36.3. The number of urea groups is 1. The highest BCUT2D eigenvalue weighted by molar-refractivity contribution is 6.30.